The van der Waals surface area contributed by atoms with E-state index in [1.165, 1.54) is 23.9 Å². The van der Waals surface area contributed by atoms with E-state index in [9.17, 15) is 14.9 Å². The number of nitrogens with one attached hydrogen (secondary N) is 1. The minimum absolute atomic E-state index is 0.0851. The summed E-state index contributed by atoms with van der Waals surface area (Å²) in [4.78, 5) is 23.4. The molecule has 0 fully saturated rings. The van der Waals surface area contributed by atoms with Gasteiger partial charge in [-0.25, -0.2) is 0 Å². The number of anilines is 1. The van der Waals surface area contributed by atoms with Crippen molar-refractivity contribution in [3.63, 3.8) is 0 Å². The normalized spacial score (nSPS) is 11.8. The van der Waals surface area contributed by atoms with Crippen LogP contribution in [0.4, 0.5) is 11.4 Å². The molecule has 0 aliphatic rings. The Morgan fingerprint density at radius 2 is 1.94 bits per heavy atom. The molecule has 10 heteroatoms. The average Bonchev–Trinajstić information content (AvgIpc) is 3.45. The monoisotopic (exact) mass is 449 g/mol. The zero-order chi connectivity index (χ0) is 22.7. The van der Waals surface area contributed by atoms with Gasteiger partial charge in [-0.3, -0.25) is 19.5 Å². The third kappa shape index (κ3) is 4.40. The largest absolute Gasteiger partial charge is 0.461 e. The first kappa shape index (κ1) is 21.3. The lowest BCUT2D eigenvalue weighted by Crippen LogP contribution is -2.23. The first-order valence-electron chi connectivity index (χ1n) is 9.71. The molecule has 1 amide bonds. The number of nitro groups is 1. The van der Waals surface area contributed by atoms with Crippen LogP contribution in [-0.2, 0) is 4.79 Å². The van der Waals surface area contributed by atoms with Crippen molar-refractivity contribution in [1.29, 1.82) is 0 Å². The van der Waals surface area contributed by atoms with E-state index in [0.29, 0.717) is 22.4 Å². The number of hydrogen-bond donors (Lipinski definition) is 1. The maximum Gasteiger partial charge on any atom is 0.271 e. The number of aryl methyl sites for hydroxylation is 1. The second-order valence-electron chi connectivity index (χ2n) is 6.96. The van der Waals surface area contributed by atoms with E-state index in [2.05, 4.69) is 15.5 Å². The van der Waals surface area contributed by atoms with E-state index in [0.717, 1.165) is 11.3 Å². The lowest BCUT2D eigenvalue weighted by atomic mass is 10.2. The number of aromatic nitrogens is 3. The summed E-state index contributed by atoms with van der Waals surface area (Å²) in [6, 6.07) is 17.5. The first-order chi connectivity index (χ1) is 15.4. The van der Waals surface area contributed by atoms with E-state index in [1.807, 2.05) is 34.9 Å². The SMILES string of the molecule is Cc1ccc([N+](=O)[O-])cc1NC(=O)C(C)Sc1nnc(-c2ccco2)n1-c1ccccc1. The summed E-state index contributed by atoms with van der Waals surface area (Å²) in [5.41, 5.74) is 1.87. The predicted octanol–water partition coefficient (Wildman–Crippen LogP) is 4.86. The Hall–Kier alpha value is -3.92. The minimum Gasteiger partial charge on any atom is -0.461 e. The topological polar surface area (TPSA) is 116 Å². The Balaban J connectivity index is 1.60. The summed E-state index contributed by atoms with van der Waals surface area (Å²) in [5.74, 6) is 0.768. The molecule has 1 unspecified atom stereocenters. The Labute approximate surface area is 187 Å². The van der Waals surface area contributed by atoms with Gasteiger partial charge in [0.15, 0.2) is 10.9 Å². The standard InChI is InChI=1S/C22H19N5O4S/c1-14-10-11-17(27(29)30)13-18(14)23-21(28)15(2)32-22-25-24-20(19-9-6-12-31-19)26(22)16-7-4-3-5-8-16/h3-13,15H,1-2H3,(H,23,28). The van der Waals surface area contributed by atoms with Crippen LogP contribution >= 0.6 is 11.8 Å². The molecule has 1 N–H and O–H groups in total. The van der Waals surface area contributed by atoms with Crippen molar-refractivity contribution in [3.8, 4) is 17.3 Å². The molecule has 0 bridgehead atoms. The molecule has 162 valence electrons. The number of para-hydroxylation sites is 1. The smallest absolute Gasteiger partial charge is 0.271 e. The minimum atomic E-state index is -0.551. The lowest BCUT2D eigenvalue weighted by Gasteiger charge is -2.14. The van der Waals surface area contributed by atoms with Crippen LogP contribution in [0.15, 0.2) is 76.5 Å². The maximum atomic E-state index is 12.9. The highest BCUT2D eigenvalue weighted by Crippen LogP contribution is 2.31. The third-order valence-electron chi connectivity index (χ3n) is 4.73. The molecule has 2 heterocycles. The van der Waals surface area contributed by atoms with Crippen LogP contribution in [0.3, 0.4) is 0 Å². The first-order valence-corrected chi connectivity index (χ1v) is 10.6. The molecule has 2 aromatic carbocycles. The number of thioether (sulfide) groups is 1. The molecule has 4 aromatic rings. The number of rotatable bonds is 7. The highest BCUT2D eigenvalue weighted by atomic mass is 32.2. The van der Waals surface area contributed by atoms with Crippen molar-refractivity contribution in [2.24, 2.45) is 0 Å². The Morgan fingerprint density at radius 1 is 1.16 bits per heavy atom. The number of non-ortho nitro benzene ring substituents is 1. The van der Waals surface area contributed by atoms with Gasteiger partial charge in [0, 0.05) is 17.8 Å². The quantitative estimate of drug-likeness (QED) is 0.243. The number of amides is 1. The fraction of sp³-hybridized carbons (Fsp3) is 0.136. The summed E-state index contributed by atoms with van der Waals surface area (Å²) in [6.45, 7) is 3.52. The van der Waals surface area contributed by atoms with Gasteiger partial charge in [0.05, 0.1) is 22.1 Å². The van der Waals surface area contributed by atoms with Gasteiger partial charge in [0.25, 0.3) is 5.69 Å². The molecule has 0 saturated carbocycles. The van der Waals surface area contributed by atoms with Crippen LogP contribution in [-0.4, -0.2) is 30.8 Å². The van der Waals surface area contributed by atoms with Gasteiger partial charge in [-0.2, -0.15) is 0 Å². The van der Waals surface area contributed by atoms with Crippen molar-refractivity contribution >= 4 is 29.0 Å². The molecule has 0 aliphatic carbocycles. The van der Waals surface area contributed by atoms with E-state index >= 15 is 0 Å². The summed E-state index contributed by atoms with van der Waals surface area (Å²) in [7, 11) is 0. The number of hydrogen-bond acceptors (Lipinski definition) is 7. The van der Waals surface area contributed by atoms with Crippen LogP contribution in [0.2, 0.25) is 0 Å². The van der Waals surface area contributed by atoms with Gasteiger partial charge in [0.1, 0.15) is 0 Å². The van der Waals surface area contributed by atoms with Gasteiger partial charge in [-0.15, -0.1) is 10.2 Å². The van der Waals surface area contributed by atoms with Gasteiger partial charge in [0.2, 0.25) is 11.7 Å². The second kappa shape index (κ2) is 9.06. The summed E-state index contributed by atoms with van der Waals surface area (Å²) < 4.78 is 7.33. The number of benzene rings is 2. The van der Waals surface area contributed by atoms with E-state index in [4.69, 9.17) is 4.42 Å². The fourth-order valence-electron chi connectivity index (χ4n) is 3.03. The summed E-state index contributed by atoms with van der Waals surface area (Å²) in [5, 5.41) is 22.4. The van der Waals surface area contributed by atoms with Crippen LogP contribution in [0.5, 0.6) is 0 Å². The molecule has 0 spiro atoms. The predicted molar refractivity (Wildman–Crippen MR) is 121 cm³/mol. The summed E-state index contributed by atoms with van der Waals surface area (Å²) in [6.07, 6.45) is 1.56. The Morgan fingerprint density at radius 3 is 2.62 bits per heavy atom. The molecule has 0 radical (unpaired) electrons. The molecular formula is C22H19N5O4S. The molecule has 0 aliphatic heterocycles. The van der Waals surface area contributed by atoms with Crippen LogP contribution in [0.25, 0.3) is 17.3 Å². The molecule has 0 saturated heterocycles. The highest BCUT2D eigenvalue weighted by molar-refractivity contribution is 8.00. The van der Waals surface area contributed by atoms with Gasteiger partial charge in [-0.1, -0.05) is 36.0 Å². The van der Waals surface area contributed by atoms with Crippen molar-refractivity contribution < 1.29 is 14.1 Å². The molecule has 1 atom stereocenters. The number of nitrogens with zero attached hydrogens (tertiary/aromatic N) is 4. The van der Waals surface area contributed by atoms with Gasteiger partial charge in [-0.05, 0) is 43.7 Å². The van der Waals surface area contributed by atoms with Gasteiger partial charge < -0.3 is 9.73 Å². The van der Waals surface area contributed by atoms with E-state index in [-0.39, 0.29) is 11.6 Å². The number of nitro benzene ring substituents is 1. The third-order valence-corrected chi connectivity index (χ3v) is 5.77. The van der Waals surface area contributed by atoms with Crippen molar-refractivity contribution in [3.05, 3.63) is 82.6 Å². The number of furan rings is 1. The Bertz CT molecular complexity index is 1250. The van der Waals surface area contributed by atoms with Crippen molar-refractivity contribution in [1.82, 2.24) is 14.8 Å². The molecule has 4 rings (SSSR count). The highest BCUT2D eigenvalue weighted by Gasteiger charge is 2.23. The number of carbonyl (C=O) groups is 1. The van der Waals surface area contributed by atoms with Crippen LogP contribution in [0.1, 0.15) is 12.5 Å². The average molecular weight is 449 g/mol. The zero-order valence-electron chi connectivity index (χ0n) is 17.3. The van der Waals surface area contributed by atoms with E-state index in [1.54, 1.807) is 38.3 Å². The number of carbonyl (C=O) groups excluding carboxylic acids is 1. The molecule has 2 aromatic heterocycles. The maximum absolute atomic E-state index is 12.9. The van der Waals surface area contributed by atoms with Crippen LogP contribution < -0.4 is 5.32 Å². The Kier molecular flexibility index (Phi) is 6.04. The molecule has 9 nitrogen and oxygen atoms in total. The van der Waals surface area contributed by atoms with Crippen molar-refractivity contribution in [2.45, 2.75) is 24.3 Å². The second-order valence-corrected chi connectivity index (χ2v) is 8.27. The molecule has 32 heavy (non-hydrogen) atoms. The lowest BCUT2D eigenvalue weighted by molar-refractivity contribution is -0.384. The molecular weight excluding hydrogens is 430 g/mol. The van der Waals surface area contributed by atoms with E-state index < -0.39 is 10.2 Å². The summed E-state index contributed by atoms with van der Waals surface area (Å²) >= 11 is 1.23. The fourth-order valence-corrected chi connectivity index (χ4v) is 3.89. The van der Waals surface area contributed by atoms with Crippen LogP contribution in [0, 0.1) is 17.0 Å². The van der Waals surface area contributed by atoms with Crippen molar-refractivity contribution in [2.75, 3.05) is 5.32 Å². The zero-order valence-corrected chi connectivity index (χ0v) is 18.1. The van der Waals surface area contributed by atoms with Gasteiger partial charge >= 0.3 is 0 Å².